The third-order valence-electron chi connectivity index (χ3n) is 4.47. The number of nitro benzene ring substituents is 1. The Kier molecular flexibility index (Phi) is 6.21. The van der Waals surface area contributed by atoms with Crippen LogP contribution in [0.1, 0.15) is 30.0 Å². The second kappa shape index (κ2) is 8.98. The van der Waals surface area contributed by atoms with Crippen molar-refractivity contribution in [1.82, 2.24) is 5.32 Å². The molecule has 0 radical (unpaired) electrons. The van der Waals surface area contributed by atoms with Crippen molar-refractivity contribution < 1.29 is 24.0 Å². The predicted molar refractivity (Wildman–Crippen MR) is 99.8 cm³/mol. The van der Waals surface area contributed by atoms with Gasteiger partial charge in [-0.15, -0.1) is 0 Å². The van der Waals surface area contributed by atoms with E-state index in [0.717, 1.165) is 24.8 Å². The first kappa shape index (κ1) is 19.3. The third-order valence-corrected chi connectivity index (χ3v) is 4.47. The Hall–Kier alpha value is -3.42. The molecular formula is C20H20N2O6. The Balaban J connectivity index is 1.42. The van der Waals surface area contributed by atoms with Crippen LogP contribution in [-0.4, -0.2) is 30.0 Å². The van der Waals surface area contributed by atoms with Crippen molar-refractivity contribution in [2.24, 2.45) is 0 Å². The van der Waals surface area contributed by atoms with Crippen LogP contribution in [0.5, 0.6) is 5.75 Å². The molecule has 1 aliphatic carbocycles. The summed E-state index contributed by atoms with van der Waals surface area (Å²) in [4.78, 5) is 33.9. The number of benzene rings is 2. The Bertz CT molecular complexity index is 865. The average Bonchev–Trinajstić information content (AvgIpc) is 2.71. The van der Waals surface area contributed by atoms with Gasteiger partial charge in [0.2, 0.25) is 0 Å². The molecule has 146 valence electrons. The molecule has 0 saturated heterocycles. The molecule has 2 aromatic carbocycles. The Labute approximate surface area is 161 Å². The van der Waals surface area contributed by atoms with Crippen LogP contribution < -0.4 is 10.1 Å². The van der Waals surface area contributed by atoms with Crippen LogP contribution in [0.25, 0.3) is 0 Å². The van der Waals surface area contributed by atoms with E-state index in [-0.39, 0.29) is 24.2 Å². The van der Waals surface area contributed by atoms with Crippen molar-refractivity contribution in [2.45, 2.75) is 25.3 Å². The predicted octanol–water partition coefficient (Wildman–Crippen LogP) is 2.71. The fraction of sp³-hybridized carbons (Fsp3) is 0.300. The summed E-state index contributed by atoms with van der Waals surface area (Å²) in [5.74, 6) is -0.770. The molecule has 3 rings (SSSR count). The van der Waals surface area contributed by atoms with Crippen LogP contribution in [0, 0.1) is 10.1 Å². The fourth-order valence-corrected chi connectivity index (χ4v) is 3.13. The minimum Gasteiger partial charge on any atom is -0.482 e. The summed E-state index contributed by atoms with van der Waals surface area (Å²) in [7, 11) is 0. The quantitative estimate of drug-likeness (QED) is 0.447. The zero-order valence-electron chi connectivity index (χ0n) is 15.1. The van der Waals surface area contributed by atoms with E-state index in [1.165, 1.54) is 29.8 Å². The molecule has 0 fully saturated rings. The van der Waals surface area contributed by atoms with Gasteiger partial charge in [-0.25, -0.2) is 4.79 Å². The maximum Gasteiger partial charge on any atom is 0.344 e. The number of carbonyl (C=O) groups excluding carboxylic acids is 2. The van der Waals surface area contributed by atoms with Crippen molar-refractivity contribution in [1.29, 1.82) is 0 Å². The van der Waals surface area contributed by atoms with Gasteiger partial charge in [-0.3, -0.25) is 14.9 Å². The number of esters is 1. The number of carbonyl (C=O) groups is 2. The highest BCUT2D eigenvalue weighted by Crippen LogP contribution is 2.29. The van der Waals surface area contributed by atoms with Gasteiger partial charge in [0.25, 0.3) is 11.6 Å². The first-order valence-electron chi connectivity index (χ1n) is 8.93. The Morgan fingerprint density at radius 3 is 2.61 bits per heavy atom. The van der Waals surface area contributed by atoms with Gasteiger partial charge in [-0.05, 0) is 42.5 Å². The number of hydrogen-bond donors (Lipinski definition) is 1. The van der Waals surface area contributed by atoms with Gasteiger partial charge >= 0.3 is 5.97 Å². The standard InChI is InChI=1S/C20H20N2O6/c23-19(21-18-7-3-5-14-4-1-2-6-17(14)18)12-28-20(24)13-27-16-10-8-15(9-11-16)22(25)26/h1-2,4,6,8-11,18H,3,5,7,12-13H2,(H,21,23). The van der Waals surface area contributed by atoms with Crippen LogP contribution in [-0.2, 0) is 20.7 Å². The molecule has 0 saturated carbocycles. The van der Waals surface area contributed by atoms with Crippen molar-refractivity contribution in [3.05, 3.63) is 69.8 Å². The van der Waals surface area contributed by atoms with Gasteiger partial charge in [-0.2, -0.15) is 0 Å². The second-order valence-electron chi connectivity index (χ2n) is 6.41. The molecule has 0 aromatic heterocycles. The van der Waals surface area contributed by atoms with E-state index in [2.05, 4.69) is 11.4 Å². The molecule has 1 N–H and O–H groups in total. The SMILES string of the molecule is O=C(COC(=O)COc1ccc([N+](=O)[O-])cc1)NC1CCCc2ccccc21. The molecule has 8 heteroatoms. The number of amides is 1. The molecule has 0 bridgehead atoms. The molecule has 1 aliphatic rings. The largest absolute Gasteiger partial charge is 0.482 e. The zero-order valence-corrected chi connectivity index (χ0v) is 15.1. The lowest BCUT2D eigenvalue weighted by atomic mass is 9.88. The zero-order chi connectivity index (χ0) is 19.9. The Morgan fingerprint density at radius 2 is 1.86 bits per heavy atom. The summed E-state index contributed by atoms with van der Waals surface area (Å²) in [5, 5.41) is 13.5. The normalized spacial score (nSPS) is 15.2. The van der Waals surface area contributed by atoms with Gasteiger partial charge < -0.3 is 14.8 Å². The first-order valence-corrected chi connectivity index (χ1v) is 8.93. The fourth-order valence-electron chi connectivity index (χ4n) is 3.13. The molecule has 8 nitrogen and oxygen atoms in total. The smallest absolute Gasteiger partial charge is 0.344 e. The number of fused-ring (bicyclic) bond motifs is 1. The van der Waals surface area contributed by atoms with Gasteiger partial charge in [0.15, 0.2) is 13.2 Å². The minimum atomic E-state index is -0.697. The van der Waals surface area contributed by atoms with Crippen LogP contribution in [0.4, 0.5) is 5.69 Å². The molecule has 2 aromatic rings. The van der Waals surface area contributed by atoms with E-state index in [1.807, 2.05) is 18.2 Å². The van der Waals surface area contributed by atoms with E-state index in [4.69, 9.17) is 9.47 Å². The Morgan fingerprint density at radius 1 is 1.11 bits per heavy atom. The number of nitrogens with zero attached hydrogens (tertiary/aromatic N) is 1. The number of ether oxygens (including phenoxy) is 2. The second-order valence-corrected chi connectivity index (χ2v) is 6.41. The number of hydrogen-bond acceptors (Lipinski definition) is 6. The maximum atomic E-state index is 12.1. The van der Waals surface area contributed by atoms with Crippen LogP contribution in [0.3, 0.4) is 0 Å². The number of rotatable bonds is 7. The van der Waals surface area contributed by atoms with E-state index >= 15 is 0 Å². The number of non-ortho nitro benzene ring substituents is 1. The molecular weight excluding hydrogens is 364 g/mol. The molecule has 0 aliphatic heterocycles. The van der Waals surface area contributed by atoms with Crippen LogP contribution >= 0.6 is 0 Å². The summed E-state index contributed by atoms with van der Waals surface area (Å²) < 4.78 is 10.1. The highest BCUT2D eigenvalue weighted by molar-refractivity contribution is 5.81. The number of nitrogens with one attached hydrogen (secondary N) is 1. The first-order chi connectivity index (χ1) is 13.5. The topological polar surface area (TPSA) is 108 Å². The van der Waals surface area contributed by atoms with Crippen molar-refractivity contribution in [2.75, 3.05) is 13.2 Å². The maximum absolute atomic E-state index is 12.1. The van der Waals surface area contributed by atoms with Gasteiger partial charge in [-0.1, -0.05) is 24.3 Å². The monoisotopic (exact) mass is 384 g/mol. The lowest BCUT2D eigenvalue weighted by molar-refractivity contribution is -0.384. The number of aryl methyl sites for hydroxylation is 1. The highest BCUT2D eigenvalue weighted by atomic mass is 16.6. The van der Waals surface area contributed by atoms with Crippen molar-refractivity contribution >= 4 is 17.6 Å². The molecule has 1 amide bonds. The summed E-state index contributed by atoms with van der Waals surface area (Å²) in [6.45, 7) is -0.779. The summed E-state index contributed by atoms with van der Waals surface area (Å²) in [5.41, 5.74) is 2.26. The van der Waals surface area contributed by atoms with Gasteiger partial charge in [0, 0.05) is 12.1 Å². The highest BCUT2D eigenvalue weighted by Gasteiger charge is 2.21. The molecule has 1 unspecified atom stereocenters. The van der Waals surface area contributed by atoms with E-state index in [9.17, 15) is 19.7 Å². The molecule has 0 spiro atoms. The molecule has 0 heterocycles. The van der Waals surface area contributed by atoms with Crippen molar-refractivity contribution in [3.63, 3.8) is 0 Å². The lowest BCUT2D eigenvalue weighted by Crippen LogP contribution is -2.34. The van der Waals surface area contributed by atoms with Crippen molar-refractivity contribution in [3.8, 4) is 5.75 Å². The van der Waals surface area contributed by atoms with Crippen LogP contribution in [0.15, 0.2) is 48.5 Å². The molecule has 28 heavy (non-hydrogen) atoms. The van der Waals surface area contributed by atoms with Crippen LogP contribution in [0.2, 0.25) is 0 Å². The summed E-state index contributed by atoms with van der Waals surface area (Å²) >= 11 is 0. The molecule has 1 atom stereocenters. The minimum absolute atomic E-state index is 0.0733. The lowest BCUT2D eigenvalue weighted by Gasteiger charge is -2.26. The summed E-state index contributed by atoms with van der Waals surface area (Å²) in [6.07, 6.45) is 2.84. The van der Waals surface area contributed by atoms with E-state index < -0.39 is 17.5 Å². The van der Waals surface area contributed by atoms with Gasteiger partial charge in [0.1, 0.15) is 5.75 Å². The summed E-state index contributed by atoms with van der Waals surface area (Å²) in [6, 6.07) is 13.2. The third kappa shape index (κ3) is 5.06. The number of nitro groups is 1. The van der Waals surface area contributed by atoms with E-state index in [1.54, 1.807) is 0 Å². The average molecular weight is 384 g/mol. The van der Waals surface area contributed by atoms with Gasteiger partial charge in [0.05, 0.1) is 11.0 Å². The van der Waals surface area contributed by atoms with E-state index in [0.29, 0.717) is 5.75 Å².